The predicted octanol–water partition coefficient (Wildman–Crippen LogP) is 2.96. The van der Waals surface area contributed by atoms with Gasteiger partial charge in [-0.05, 0) is 25.5 Å². The molecule has 1 saturated carbocycles. The molecule has 1 fully saturated rings. The summed E-state index contributed by atoms with van der Waals surface area (Å²) in [4.78, 5) is 24.9. The maximum absolute atomic E-state index is 12.2. The van der Waals surface area contributed by atoms with Gasteiger partial charge >= 0.3 is 12.0 Å². The summed E-state index contributed by atoms with van der Waals surface area (Å²) in [5, 5.41) is 17.8. The second-order valence-electron chi connectivity index (χ2n) is 6.02. The Kier molecular flexibility index (Phi) is 5.01. The van der Waals surface area contributed by atoms with E-state index in [9.17, 15) is 9.59 Å². The van der Waals surface area contributed by atoms with Crippen molar-refractivity contribution in [3.63, 3.8) is 0 Å². The Labute approximate surface area is 144 Å². The van der Waals surface area contributed by atoms with E-state index >= 15 is 0 Å². The number of benzene rings is 1. The number of carbonyl (C=O) groups excluding carboxylic acids is 1. The fraction of sp³-hybridized carbons (Fsp3) is 0.412. The highest BCUT2D eigenvalue weighted by molar-refractivity contribution is 7.17. The largest absolute Gasteiger partial charge is 0.480 e. The van der Waals surface area contributed by atoms with Gasteiger partial charge in [0.25, 0.3) is 0 Å². The van der Waals surface area contributed by atoms with Crippen molar-refractivity contribution >= 4 is 39.1 Å². The van der Waals surface area contributed by atoms with Gasteiger partial charge in [0.1, 0.15) is 0 Å². The first-order valence-corrected chi connectivity index (χ1v) is 8.94. The number of carboxylic acid groups (broad SMARTS) is 1. The van der Waals surface area contributed by atoms with E-state index in [-0.39, 0.29) is 24.7 Å². The highest BCUT2D eigenvalue weighted by Gasteiger charge is 2.34. The number of thiophene rings is 1. The smallest absolute Gasteiger partial charge is 0.319 e. The van der Waals surface area contributed by atoms with Gasteiger partial charge in [0.05, 0.1) is 12.2 Å². The zero-order valence-electron chi connectivity index (χ0n) is 13.5. The van der Waals surface area contributed by atoms with Gasteiger partial charge in [-0.15, -0.1) is 11.3 Å². The van der Waals surface area contributed by atoms with Crippen LogP contribution in [0.25, 0.3) is 10.1 Å². The summed E-state index contributed by atoms with van der Waals surface area (Å²) in [6.45, 7) is 2.72. The molecule has 0 spiro atoms. The molecule has 3 rings (SSSR count). The quantitative estimate of drug-likeness (QED) is 0.750. The molecule has 3 N–H and O–H groups in total. The third kappa shape index (κ3) is 3.68. The molecule has 128 valence electrons. The highest BCUT2D eigenvalue weighted by Crippen LogP contribution is 2.30. The average molecular weight is 347 g/mol. The van der Waals surface area contributed by atoms with E-state index in [1.165, 1.54) is 0 Å². The standard InChI is InChI=1S/C17H21N3O3S/c1-2-20(9-16(21)22)12-7-11(8-12)18-17(23)19-14-10-24-15-6-4-3-5-13(14)15/h3-6,10-12H,2,7-9H2,1H3,(H,21,22)(H2,18,19,23). The molecule has 1 aliphatic rings. The maximum atomic E-state index is 12.2. The van der Waals surface area contributed by atoms with Crippen LogP contribution in [0.1, 0.15) is 19.8 Å². The number of aliphatic carboxylic acids is 1. The van der Waals surface area contributed by atoms with Gasteiger partial charge in [0.2, 0.25) is 0 Å². The molecule has 1 aromatic heterocycles. The van der Waals surface area contributed by atoms with E-state index in [0.717, 1.165) is 28.6 Å². The molecule has 0 bridgehead atoms. The molecular formula is C17H21N3O3S. The molecule has 0 radical (unpaired) electrons. The Morgan fingerprint density at radius 2 is 2.08 bits per heavy atom. The average Bonchev–Trinajstić information content (AvgIpc) is 2.91. The van der Waals surface area contributed by atoms with Crippen LogP contribution < -0.4 is 10.6 Å². The molecule has 1 aliphatic carbocycles. The fourth-order valence-electron chi connectivity index (χ4n) is 3.10. The topological polar surface area (TPSA) is 81.7 Å². The molecule has 1 aromatic carbocycles. The fourth-order valence-corrected chi connectivity index (χ4v) is 3.99. The van der Waals surface area contributed by atoms with E-state index in [0.29, 0.717) is 6.54 Å². The number of hydrogen-bond acceptors (Lipinski definition) is 4. The van der Waals surface area contributed by atoms with Crippen molar-refractivity contribution in [1.29, 1.82) is 0 Å². The second-order valence-corrected chi connectivity index (χ2v) is 6.93. The van der Waals surface area contributed by atoms with Crippen LogP contribution in [0.5, 0.6) is 0 Å². The normalized spacial score (nSPS) is 19.9. The van der Waals surface area contributed by atoms with Crippen molar-refractivity contribution in [2.45, 2.75) is 31.8 Å². The predicted molar refractivity (Wildman–Crippen MR) is 95.7 cm³/mol. The van der Waals surface area contributed by atoms with Gasteiger partial charge in [-0.1, -0.05) is 25.1 Å². The number of anilines is 1. The molecule has 24 heavy (non-hydrogen) atoms. The Morgan fingerprint density at radius 1 is 1.33 bits per heavy atom. The Bertz CT molecular complexity index is 740. The number of rotatable bonds is 6. The van der Waals surface area contributed by atoms with Crippen LogP contribution >= 0.6 is 11.3 Å². The van der Waals surface area contributed by atoms with Crippen molar-refractivity contribution in [2.75, 3.05) is 18.4 Å². The van der Waals surface area contributed by atoms with Crippen LogP contribution in [-0.2, 0) is 4.79 Å². The van der Waals surface area contributed by atoms with Gasteiger partial charge < -0.3 is 15.7 Å². The zero-order chi connectivity index (χ0) is 17.1. The molecule has 6 nitrogen and oxygen atoms in total. The number of fused-ring (bicyclic) bond motifs is 1. The van der Waals surface area contributed by atoms with Crippen molar-refractivity contribution in [3.05, 3.63) is 29.6 Å². The van der Waals surface area contributed by atoms with E-state index in [1.54, 1.807) is 11.3 Å². The number of hydrogen-bond donors (Lipinski definition) is 3. The van der Waals surface area contributed by atoms with Gasteiger partial charge in [0.15, 0.2) is 0 Å². The SMILES string of the molecule is CCN(CC(=O)O)C1CC(NC(=O)Nc2csc3ccccc23)C1. The monoisotopic (exact) mass is 347 g/mol. The van der Waals surface area contributed by atoms with Crippen molar-refractivity contribution in [3.8, 4) is 0 Å². The Balaban J connectivity index is 1.49. The second kappa shape index (κ2) is 7.19. The molecule has 2 amide bonds. The number of likely N-dealkylation sites (N-methyl/N-ethyl adjacent to an activating group) is 1. The lowest BCUT2D eigenvalue weighted by Crippen LogP contribution is -2.55. The number of carboxylic acids is 1. The molecule has 2 aromatic rings. The van der Waals surface area contributed by atoms with Crippen LogP contribution in [0.4, 0.5) is 10.5 Å². The highest BCUT2D eigenvalue weighted by atomic mass is 32.1. The van der Waals surface area contributed by atoms with Crippen molar-refractivity contribution in [1.82, 2.24) is 10.2 Å². The van der Waals surface area contributed by atoms with Crippen molar-refractivity contribution < 1.29 is 14.7 Å². The van der Waals surface area contributed by atoms with Crippen LogP contribution in [0, 0.1) is 0 Å². The summed E-state index contributed by atoms with van der Waals surface area (Å²) in [5.74, 6) is -0.810. The Hall–Kier alpha value is -2.12. The van der Waals surface area contributed by atoms with Crippen LogP contribution in [0.2, 0.25) is 0 Å². The third-order valence-corrected chi connectivity index (χ3v) is 5.40. The minimum absolute atomic E-state index is 0.0565. The summed E-state index contributed by atoms with van der Waals surface area (Å²) in [6, 6.07) is 8.08. The summed E-state index contributed by atoms with van der Waals surface area (Å²) in [5.41, 5.74) is 0.824. The van der Waals surface area contributed by atoms with Gasteiger partial charge in [-0.25, -0.2) is 4.79 Å². The van der Waals surface area contributed by atoms with Gasteiger partial charge in [-0.3, -0.25) is 9.69 Å². The maximum Gasteiger partial charge on any atom is 0.319 e. The lowest BCUT2D eigenvalue weighted by Gasteiger charge is -2.42. The zero-order valence-corrected chi connectivity index (χ0v) is 14.3. The van der Waals surface area contributed by atoms with Crippen LogP contribution in [-0.4, -0.2) is 47.2 Å². The van der Waals surface area contributed by atoms with Gasteiger partial charge in [0, 0.05) is 27.5 Å². The first-order valence-electron chi connectivity index (χ1n) is 8.06. The summed E-state index contributed by atoms with van der Waals surface area (Å²) in [6.07, 6.45) is 1.58. The van der Waals surface area contributed by atoms with E-state index in [4.69, 9.17) is 5.11 Å². The minimum atomic E-state index is -0.810. The lowest BCUT2D eigenvalue weighted by atomic mass is 9.85. The van der Waals surface area contributed by atoms with E-state index in [1.807, 2.05) is 41.5 Å². The summed E-state index contributed by atoms with van der Waals surface area (Å²) in [7, 11) is 0. The first-order chi connectivity index (χ1) is 11.6. The molecule has 7 heteroatoms. The summed E-state index contributed by atoms with van der Waals surface area (Å²) < 4.78 is 1.14. The summed E-state index contributed by atoms with van der Waals surface area (Å²) >= 11 is 1.60. The Morgan fingerprint density at radius 3 is 2.79 bits per heavy atom. The molecule has 0 aliphatic heterocycles. The molecule has 0 unspecified atom stereocenters. The molecule has 1 heterocycles. The lowest BCUT2D eigenvalue weighted by molar-refractivity contribution is -0.139. The van der Waals surface area contributed by atoms with E-state index in [2.05, 4.69) is 10.6 Å². The minimum Gasteiger partial charge on any atom is -0.480 e. The van der Waals surface area contributed by atoms with E-state index < -0.39 is 5.97 Å². The molecular weight excluding hydrogens is 326 g/mol. The third-order valence-electron chi connectivity index (χ3n) is 4.44. The molecule has 0 atom stereocenters. The van der Waals surface area contributed by atoms with Crippen molar-refractivity contribution in [2.24, 2.45) is 0 Å². The molecule has 0 saturated heterocycles. The number of carbonyl (C=O) groups is 2. The van der Waals surface area contributed by atoms with Gasteiger partial charge in [-0.2, -0.15) is 0 Å². The number of nitrogens with zero attached hydrogens (tertiary/aromatic N) is 1. The number of amides is 2. The van der Waals surface area contributed by atoms with Crippen LogP contribution in [0.15, 0.2) is 29.6 Å². The first kappa shape index (κ1) is 16.7. The number of urea groups is 1. The number of nitrogens with one attached hydrogen (secondary N) is 2. The van der Waals surface area contributed by atoms with Crippen LogP contribution in [0.3, 0.4) is 0 Å².